The summed E-state index contributed by atoms with van der Waals surface area (Å²) in [6.45, 7) is 5.85. The number of nitrogens with one attached hydrogen (secondary N) is 1. The first-order valence-electron chi connectivity index (χ1n) is 5.65. The van der Waals surface area contributed by atoms with Gasteiger partial charge in [0.2, 0.25) is 5.91 Å². The summed E-state index contributed by atoms with van der Waals surface area (Å²) in [4.78, 5) is 11.8. The molecule has 0 aliphatic carbocycles. The highest BCUT2D eigenvalue weighted by Gasteiger charge is 2.12. The number of phenols is 1. The van der Waals surface area contributed by atoms with E-state index in [-0.39, 0.29) is 17.6 Å². The molecule has 1 amide bonds. The molecule has 88 valence electrons. The van der Waals surface area contributed by atoms with Crippen LogP contribution in [0.5, 0.6) is 5.75 Å². The zero-order chi connectivity index (χ0) is 12.1. The number of amides is 1. The Bertz CT molecular complexity index is 374. The number of phenolic OH excluding ortho intramolecular Hbond substituents is 1. The first-order valence-corrected chi connectivity index (χ1v) is 5.65. The first kappa shape index (κ1) is 12.6. The summed E-state index contributed by atoms with van der Waals surface area (Å²) in [5, 5.41) is 12.1. The van der Waals surface area contributed by atoms with Crippen molar-refractivity contribution in [2.45, 2.75) is 33.6 Å². The molecule has 3 heteroatoms. The second kappa shape index (κ2) is 5.54. The molecule has 3 nitrogen and oxygen atoms in total. The van der Waals surface area contributed by atoms with Crippen molar-refractivity contribution in [1.29, 1.82) is 0 Å². The van der Waals surface area contributed by atoms with E-state index in [1.807, 2.05) is 13.8 Å². The average molecular weight is 221 g/mol. The van der Waals surface area contributed by atoms with Gasteiger partial charge in [0.25, 0.3) is 0 Å². The molecule has 0 radical (unpaired) electrons. The molecule has 0 fully saturated rings. The number of hydrogen-bond donors (Lipinski definition) is 2. The number of aromatic hydroxyl groups is 1. The van der Waals surface area contributed by atoms with Crippen LogP contribution >= 0.6 is 0 Å². The third-order valence-corrected chi connectivity index (χ3v) is 2.64. The van der Waals surface area contributed by atoms with Crippen molar-refractivity contribution < 1.29 is 9.90 Å². The number of rotatable bonds is 4. The number of benzene rings is 1. The highest BCUT2D eigenvalue weighted by molar-refractivity contribution is 5.93. The van der Waals surface area contributed by atoms with E-state index in [1.54, 1.807) is 18.2 Å². The largest absolute Gasteiger partial charge is 0.508 e. The highest BCUT2D eigenvalue weighted by Crippen LogP contribution is 2.21. The Kier molecular flexibility index (Phi) is 4.35. The molecule has 0 saturated heterocycles. The molecule has 0 heterocycles. The molecule has 2 N–H and O–H groups in total. The number of carbonyl (C=O) groups excluding carboxylic acids is 1. The van der Waals surface area contributed by atoms with Crippen molar-refractivity contribution in [3.8, 4) is 5.75 Å². The Morgan fingerprint density at radius 1 is 1.50 bits per heavy atom. The van der Waals surface area contributed by atoms with Crippen LogP contribution < -0.4 is 5.32 Å². The fourth-order valence-electron chi connectivity index (χ4n) is 1.61. The van der Waals surface area contributed by atoms with Gasteiger partial charge in [0.15, 0.2) is 0 Å². The molecule has 0 spiro atoms. The van der Waals surface area contributed by atoms with Gasteiger partial charge in [0.1, 0.15) is 5.75 Å². The minimum Gasteiger partial charge on any atom is -0.508 e. The van der Waals surface area contributed by atoms with E-state index in [9.17, 15) is 9.90 Å². The quantitative estimate of drug-likeness (QED) is 0.768. The summed E-state index contributed by atoms with van der Waals surface area (Å²) in [6, 6.07) is 4.94. The molecule has 0 saturated carbocycles. The first-order chi connectivity index (χ1) is 7.54. The summed E-state index contributed by atoms with van der Waals surface area (Å²) < 4.78 is 0. The third-order valence-electron chi connectivity index (χ3n) is 2.64. The number of anilines is 1. The normalized spacial score (nSPS) is 12.2. The Hall–Kier alpha value is -1.51. The minimum atomic E-state index is 0.0261. The van der Waals surface area contributed by atoms with Crippen molar-refractivity contribution in [1.82, 2.24) is 0 Å². The summed E-state index contributed by atoms with van der Waals surface area (Å²) in [7, 11) is 0. The van der Waals surface area contributed by atoms with Gasteiger partial charge in [0, 0.05) is 11.6 Å². The predicted octanol–water partition coefficient (Wildman–Crippen LogP) is 3.08. The maximum atomic E-state index is 11.8. The maximum Gasteiger partial charge on any atom is 0.227 e. The molecule has 1 atom stereocenters. The van der Waals surface area contributed by atoms with E-state index in [0.29, 0.717) is 0 Å². The van der Waals surface area contributed by atoms with Crippen LogP contribution in [0.1, 0.15) is 32.3 Å². The van der Waals surface area contributed by atoms with E-state index in [0.717, 1.165) is 24.1 Å². The lowest BCUT2D eigenvalue weighted by molar-refractivity contribution is -0.119. The average Bonchev–Trinajstić information content (AvgIpc) is 2.22. The number of hydrogen-bond acceptors (Lipinski definition) is 2. The molecule has 16 heavy (non-hydrogen) atoms. The van der Waals surface area contributed by atoms with Gasteiger partial charge in [0.05, 0.1) is 0 Å². The van der Waals surface area contributed by atoms with Crippen LogP contribution in [0, 0.1) is 12.8 Å². The van der Waals surface area contributed by atoms with Gasteiger partial charge >= 0.3 is 0 Å². The van der Waals surface area contributed by atoms with E-state index >= 15 is 0 Å². The fourth-order valence-corrected chi connectivity index (χ4v) is 1.61. The topological polar surface area (TPSA) is 49.3 Å². The Balaban J connectivity index is 2.69. The van der Waals surface area contributed by atoms with Gasteiger partial charge in [-0.1, -0.05) is 20.3 Å². The van der Waals surface area contributed by atoms with Gasteiger partial charge in [-0.25, -0.2) is 0 Å². The van der Waals surface area contributed by atoms with Gasteiger partial charge in [-0.05, 0) is 37.1 Å². The Labute approximate surface area is 96.5 Å². The summed E-state index contributed by atoms with van der Waals surface area (Å²) in [6.07, 6.45) is 1.89. The van der Waals surface area contributed by atoms with Crippen LogP contribution in [-0.2, 0) is 4.79 Å². The minimum absolute atomic E-state index is 0.0261. The zero-order valence-electron chi connectivity index (χ0n) is 10.1. The third kappa shape index (κ3) is 3.26. The SMILES string of the molecule is CCCC(C)C(=O)Nc1ccc(O)cc1C. The van der Waals surface area contributed by atoms with E-state index in [1.165, 1.54) is 0 Å². The van der Waals surface area contributed by atoms with Crippen LogP contribution in [-0.4, -0.2) is 11.0 Å². The van der Waals surface area contributed by atoms with Gasteiger partial charge in [-0.3, -0.25) is 4.79 Å². The van der Waals surface area contributed by atoms with E-state index in [2.05, 4.69) is 12.2 Å². The molecule has 0 aliphatic heterocycles. The van der Waals surface area contributed by atoms with Crippen LogP contribution in [0.3, 0.4) is 0 Å². The van der Waals surface area contributed by atoms with E-state index in [4.69, 9.17) is 0 Å². The fraction of sp³-hybridized carbons (Fsp3) is 0.462. The van der Waals surface area contributed by atoms with Crippen molar-refractivity contribution >= 4 is 11.6 Å². The second-order valence-corrected chi connectivity index (χ2v) is 4.18. The Morgan fingerprint density at radius 2 is 2.19 bits per heavy atom. The predicted molar refractivity (Wildman–Crippen MR) is 65.5 cm³/mol. The molecule has 0 aliphatic rings. The van der Waals surface area contributed by atoms with Gasteiger partial charge < -0.3 is 10.4 Å². The number of aryl methyl sites for hydroxylation is 1. The molecule has 1 unspecified atom stereocenters. The molecule has 0 aromatic heterocycles. The lowest BCUT2D eigenvalue weighted by Gasteiger charge is -2.13. The molecule has 1 rings (SSSR count). The molecule has 0 bridgehead atoms. The standard InChI is InChI=1S/C13H19NO2/c1-4-5-9(2)13(16)14-12-7-6-11(15)8-10(12)3/h6-9,15H,4-5H2,1-3H3,(H,14,16). The molecule has 1 aromatic rings. The lowest BCUT2D eigenvalue weighted by atomic mass is 10.1. The van der Waals surface area contributed by atoms with Gasteiger partial charge in [-0.2, -0.15) is 0 Å². The maximum absolute atomic E-state index is 11.8. The summed E-state index contributed by atoms with van der Waals surface area (Å²) in [5.41, 5.74) is 1.64. The highest BCUT2D eigenvalue weighted by atomic mass is 16.3. The lowest BCUT2D eigenvalue weighted by Crippen LogP contribution is -2.20. The van der Waals surface area contributed by atoms with Crippen LogP contribution in [0.15, 0.2) is 18.2 Å². The van der Waals surface area contributed by atoms with Gasteiger partial charge in [-0.15, -0.1) is 0 Å². The zero-order valence-corrected chi connectivity index (χ0v) is 10.1. The molecular weight excluding hydrogens is 202 g/mol. The number of carbonyl (C=O) groups is 1. The van der Waals surface area contributed by atoms with E-state index < -0.39 is 0 Å². The molecule has 1 aromatic carbocycles. The second-order valence-electron chi connectivity index (χ2n) is 4.18. The van der Waals surface area contributed by atoms with Crippen LogP contribution in [0.4, 0.5) is 5.69 Å². The summed E-state index contributed by atoms with van der Waals surface area (Å²) >= 11 is 0. The molecular formula is C13H19NO2. The van der Waals surface area contributed by atoms with Crippen molar-refractivity contribution in [3.63, 3.8) is 0 Å². The Morgan fingerprint density at radius 3 is 2.75 bits per heavy atom. The van der Waals surface area contributed by atoms with Crippen LogP contribution in [0.2, 0.25) is 0 Å². The summed E-state index contributed by atoms with van der Waals surface area (Å²) in [5.74, 6) is 0.283. The smallest absolute Gasteiger partial charge is 0.227 e. The van der Waals surface area contributed by atoms with Crippen molar-refractivity contribution in [2.75, 3.05) is 5.32 Å². The van der Waals surface area contributed by atoms with Crippen LogP contribution in [0.25, 0.3) is 0 Å². The van der Waals surface area contributed by atoms with Crippen molar-refractivity contribution in [2.24, 2.45) is 5.92 Å². The van der Waals surface area contributed by atoms with Crippen molar-refractivity contribution in [3.05, 3.63) is 23.8 Å². The monoisotopic (exact) mass is 221 g/mol.